The van der Waals surface area contributed by atoms with Crippen LogP contribution in [0.4, 0.5) is 0 Å². The van der Waals surface area contributed by atoms with E-state index in [9.17, 15) is 14.4 Å². The Morgan fingerprint density at radius 3 is 2.57 bits per heavy atom. The van der Waals surface area contributed by atoms with Gasteiger partial charge in [-0.15, -0.1) is 0 Å². The van der Waals surface area contributed by atoms with Crippen LogP contribution in [0.15, 0.2) is 24.3 Å². The van der Waals surface area contributed by atoms with Gasteiger partial charge in [-0.25, -0.2) is 0 Å². The van der Waals surface area contributed by atoms with Crippen molar-refractivity contribution in [3.8, 4) is 5.75 Å². The van der Waals surface area contributed by atoms with Gasteiger partial charge in [0.15, 0.2) is 0 Å². The first kappa shape index (κ1) is 17.0. The third-order valence-electron chi connectivity index (χ3n) is 3.78. The van der Waals surface area contributed by atoms with Crippen molar-refractivity contribution in [3.63, 3.8) is 0 Å². The summed E-state index contributed by atoms with van der Waals surface area (Å²) in [5, 5.41) is 7.79. The average Bonchev–Trinajstić information content (AvgIpc) is 2.60. The third kappa shape index (κ3) is 4.79. The van der Waals surface area contributed by atoms with Crippen LogP contribution in [0.25, 0.3) is 0 Å². The molecule has 2 rings (SSSR count). The van der Waals surface area contributed by atoms with Crippen LogP contribution >= 0.6 is 0 Å². The molecule has 7 nitrogen and oxygen atoms in total. The highest BCUT2D eigenvalue weighted by Crippen LogP contribution is 2.16. The van der Waals surface area contributed by atoms with Gasteiger partial charge in [-0.05, 0) is 32.0 Å². The van der Waals surface area contributed by atoms with Gasteiger partial charge in [0.05, 0.1) is 7.11 Å². The predicted molar refractivity (Wildman–Crippen MR) is 83.6 cm³/mol. The van der Waals surface area contributed by atoms with Gasteiger partial charge in [-0.2, -0.15) is 0 Å². The largest absolute Gasteiger partial charge is 0.496 e. The Balaban J connectivity index is 1.82. The Morgan fingerprint density at radius 1 is 1.17 bits per heavy atom. The minimum absolute atomic E-state index is 0.151. The third-order valence-corrected chi connectivity index (χ3v) is 3.78. The lowest BCUT2D eigenvalue weighted by molar-refractivity contribution is -0.143. The van der Waals surface area contributed by atoms with E-state index in [1.54, 1.807) is 12.1 Å². The summed E-state index contributed by atoms with van der Waals surface area (Å²) < 4.78 is 5.17. The van der Waals surface area contributed by atoms with E-state index in [0.29, 0.717) is 18.6 Å². The number of para-hydroxylation sites is 1. The molecule has 1 aromatic carbocycles. The highest BCUT2D eigenvalue weighted by atomic mass is 16.5. The molecule has 0 aromatic heterocycles. The number of piperidine rings is 1. The van der Waals surface area contributed by atoms with Gasteiger partial charge in [-0.1, -0.05) is 18.2 Å². The molecule has 1 saturated heterocycles. The Hall–Kier alpha value is -2.41. The lowest BCUT2D eigenvalue weighted by Crippen LogP contribution is -2.46. The topological polar surface area (TPSA) is 96.5 Å². The summed E-state index contributed by atoms with van der Waals surface area (Å²) in [6.07, 6.45) is 1.34. The summed E-state index contributed by atoms with van der Waals surface area (Å²) in [5.41, 5.74) is 0.751. The van der Waals surface area contributed by atoms with Gasteiger partial charge < -0.3 is 15.4 Å². The van der Waals surface area contributed by atoms with Crippen LogP contribution in [0.3, 0.4) is 0 Å². The second kappa shape index (κ2) is 8.28. The number of carbonyl (C=O) groups excluding carboxylic acids is 3. The fraction of sp³-hybridized carbons (Fsp3) is 0.438. The molecule has 0 atom stereocenters. The first-order chi connectivity index (χ1) is 11.1. The molecule has 23 heavy (non-hydrogen) atoms. The van der Waals surface area contributed by atoms with Gasteiger partial charge in [0, 0.05) is 18.0 Å². The Morgan fingerprint density at radius 2 is 1.87 bits per heavy atom. The quantitative estimate of drug-likeness (QED) is 0.677. The number of rotatable bonds is 4. The van der Waals surface area contributed by atoms with Crippen LogP contribution in [0.5, 0.6) is 5.75 Å². The number of hydrogen-bond acceptors (Lipinski definition) is 5. The minimum Gasteiger partial charge on any atom is -0.496 e. The van der Waals surface area contributed by atoms with Crippen molar-refractivity contribution in [2.45, 2.75) is 19.4 Å². The number of nitrogens with one attached hydrogen (secondary N) is 3. The van der Waals surface area contributed by atoms with E-state index in [2.05, 4.69) is 16.0 Å². The van der Waals surface area contributed by atoms with Crippen molar-refractivity contribution in [2.75, 3.05) is 20.2 Å². The SMILES string of the molecule is COc1ccccc1CNC(=O)C(=O)NC(=O)C1CCNCC1. The molecule has 1 aliphatic heterocycles. The summed E-state index contributed by atoms with van der Waals surface area (Å²) in [5.74, 6) is -1.74. The standard InChI is InChI=1S/C16H21N3O4/c1-23-13-5-3-2-4-12(13)10-18-15(21)16(22)19-14(20)11-6-8-17-9-7-11/h2-5,11,17H,6-10H2,1H3,(H,18,21)(H,19,20,22). The van der Waals surface area contributed by atoms with Crippen molar-refractivity contribution in [2.24, 2.45) is 5.92 Å². The molecule has 124 valence electrons. The monoisotopic (exact) mass is 319 g/mol. The fourth-order valence-electron chi connectivity index (χ4n) is 2.46. The zero-order valence-electron chi connectivity index (χ0n) is 13.1. The Bertz CT molecular complexity index is 582. The molecule has 3 N–H and O–H groups in total. The lowest BCUT2D eigenvalue weighted by Gasteiger charge is -2.21. The van der Waals surface area contributed by atoms with Gasteiger partial charge in [0.2, 0.25) is 5.91 Å². The molecule has 0 bridgehead atoms. The van der Waals surface area contributed by atoms with Gasteiger partial charge in [-0.3, -0.25) is 19.7 Å². The molecule has 1 aromatic rings. The van der Waals surface area contributed by atoms with Crippen molar-refractivity contribution in [3.05, 3.63) is 29.8 Å². The summed E-state index contributed by atoms with van der Waals surface area (Å²) in [6, 6.07) is 7.18. The number of methoxy groups -OCH3 is 1. The Kier molecular flexibility index (Phi) is 6.10. The first-order valence-electron chi connectivity index (χ1n) is 7.57. The smallest absolute Gasteiger partial charge is 0.315 e. The molecule has 1 fully saturated rings. The summed E-state index contributed by atoms with van der Waals surface area (Å²) in [6.45, 7) is 1.64. The lowest BCUT2D eigenvalue weighted by atomic mass is 9.97. The second-order valence-corrected chi connectivity index (χ2v) is 5.34. The van der Waals surface area contributed by atoms with E-state index in [1.165, 1.54) is 7.11 Å². The highest BCUT2D eigenvalue weighted by molar-refractivity contribution is 6.37. The molecular formula is C16H21N3O4. The molecule has 0 saturated carbocycles. The maximum atomic E-state index is 11.9. The number of carbonyl (C=O) groups is 3. The molecule has 0 aliphatic carbocycles. The second-order valence-electron chi connectivity index (χ2n) is 5.34. The van der Waals surface area contributed by atoms with Crippen molar-refractivity contribution in [1.29, 1.82) is 0 Å². The van der Waals surface area contributed by atoms with E-state index in [0.717, 1.165) is 18.7 Å². The zero-order chi connectivity index (χ0) is 16.7. The summed E-state index contributed by atoms with van der Waals surface area (Å²) in [7, 11) is 1.53. The van der Waals surface area contributed by atoms with E-state index < -0.39 is 11.8 Å². The molecule has 1 aliphatic rings. The Labute approximate surface area is 134 Å². The van der Waals surface area contributed by atoms with E-state index in [4.69, 9.17) is 4.74 Å². The summed E-state index contributed by atoms with van der Waals surface area (Å²) in [4.78, 5) is 35.5. The summed E-state index contributed by atoms with van der Waals surface area (Å²) >= 11 is 0. The van der Waals surface area contributed by atoms with Gasteiger partial charge in [0.25, 0.3) is 0 Å². The van der Waals surface area contributed by atoms with Crippen LogP contribution in [0.1, 0.15) is 18.4 Å². The van der Waals surface area contributed by atoms with Crippen LogP contribution < -0.4 is 20.7 Å². The number of hydrogen-bond donors (Lipinski definition) is 3. The van der Waals surface area contributed by atoms with Crippen LogP contribution in [-0.4, -0.2) is 37.9 Å². The zero-order valence-corrected chi connectivity index (χ0v) is 13.1. The van der Waals surface area contributed by atoms with E-state index in [-0.39, 0.29) is 18.4 Å². The van der Waals surface area contributed by atoms with Crippen molar-refractivity contribution >= 4 is 17.7 Å². The molecule has 0 spiro atoms. The molecule has 7 heteroatoms. The van der Waals surface area contributed by atoms with Crippen LogP contribution in [0, 0.1) is 5.92 Å². The number of ether oxygens (including phenoxy) is 1. The predicted octanol–water partition coefficient (Wildman–Crippen LogP) is -0.0462. The van der Waals surface area contributed by atoms with Gasteiger partial charge in [0.1, 0.15) is 5.75 Å². The first-order valence-corrected chi connectivity index (χ1v) is 7.57. The molecular weight excluding hydrogens is 298 g/mol. The van der Waals surface area contributed by atoms with Crippen molar-refractivity contribution < 1.29 is 19.1 Å². The number of benzene rings is 1. The van der Waals surface area contributed by atoms with Gasteiger partial charge >= 0.3 is 11.8 Å². The minimum atomic E-state index is -0.927. The number of amides is 3. The van der Waals surface area contributed by atoms with E-state index >= 15 is 0 Å². The normalized spacial score (nSPS) is 14.8. The number of imide groups is 1. The maximum Gasteiger partial charge on any atom is 0.315 e. The van der Waals surface area contributed by atoms with Crippen LogP contribution in [-0.2, 0) is 20.9 Å². The highest BCUT2D eigenvalue weighted by Gasteiger charge is 2.24. The molecule has 3 amide bonds. The maximum absolute atomic E-state index is 11.9. The fourth-order valence-corrected chi connectivity index (χ4v) is 2.46. The molecule has 0 radical (unpaired) electrons. The van der Waals surface area contributed by atoms with Crippen molar-refractivity contribution in [1.82, 2.24) is 16.0 Å². The van der Waals surface area contributed by atoms with E-state index in [1.807, 2.05) is 12.1 Å². The average molecular weight is 319 g/mol. The van der Waals surface area contributed by atoms with Crippen LogP contribution in [0.2, 0.25) is 0 Å². The molecule has 0 unspecified atom stereocenters. The molecule has 1 heterocycles.